The highest BCUT2D eigenvalue weighted by atomic mass is 35.5. The number of halogens is 2. The molecule has 3 rings (SSSR count). The summed E-state index contributed by atoms with van der Waals surface area (Å²) in [5.41, 5.74) is 9.59. The molecule has 3 aromatic carbocycles. The van der Waals surface area contributed by atoms with Crippen molar-refractivity contribution in [2.75, 3.05) is 5.73 Å². The molecule has 0 bridgehead atoms. The lowest BCUT2D eigenvalue weighted by Crippen LogP contribution is -1.97. The van der Waals surface area contributed by atoms with E-state index in [2.05, 4.69) is 0 Å². The molecule has 0 unspecified atom stereocenters. The van der Waals surface area contributed by atoms with E-state index in [4.69, 9.17) is 17.3 Å². The van der Waals surface area contributed by atoms with Gasteiger partial charge < -0.3 is 5.73 Å². The number of nitrogens with two attached hydrogens (primary N) is 1. The molecular formula is C22H17ClFN. The third-order valence-corrected chi connectivity index (χ3v) is 4.06. The minimum absolute atomic E-state index is 0.304. The van der Waals surface area contributed by atoms with E-state index >= 15 is 0 Å². The van der Waals surface area contributed by atoms with Gasteiger partial charge in [0, 0.05) is 21.8 Å². The maximum atomic E-state index is 14.4. The lowest BCUT2D eigenvalue weighted by molar-refractivity contribution is 0.624. The Hall–Kier alpha value is -2.84. The van der Waals surface area contributed by atoms with Crippen LogP contribution in [-0.4, -0.2) is 0 Å². The van der Waals surface area contributed by atoms with Crippen LogP contribution in [0.1, 0.15) is 16.7 Å². The Bertz CT molecular complexity index is 930. The molecule has 0 saturated carbocycles. The lowest BCUT2D eigenvalue weighted by atomic mass is 9.95. The van der Waals surface area contributed by atoms with Crippen molar-refractivity contribution in [1.82, 2.24) is 0 Å². The van der Waals surface area contributed by atoms with Crippen molar-refractivity contribution in [1.29, 1.82) is 0 Å². The van der Waals surface area contributed by atoms with Crippen LogP contribution in [0.4, 0.5) is 10.1 Å². The second-order valence-electron chi connectivity index (χ2n) is 5.56. The van der Waals surface area contributed by atoms with Crippen molar-refractivity contribution in [2.45, 2.75) is 0 Å². The van der Waals surface area contributed by atoms with Crippen LogP contribution in [0, 0.1) is 5.82 Å². The fourth-order valence-electron chi connectivity index (χ4n) is 2.59. The molecule has 124 valence electrons. The Balaban J connectivity index is 2.09. The summed E-state index contributed by atoms with van der Waals surface area (Å²) in [5, 5.41) is 0.554. The quantitative estimate of drug-likeness (QED) is 0.440. The smallest absolute Gasteiger partial charge is 0.131 e. The van der Waals surface area contributed by atoms with Gasteiger partial charge in [0.1, 0.15) is 5.82 Å². The van der Waals surface area contributed by atoms with Gasteiger partial charge in [0.25, 0.3) is 0 Å². The monoisotopic (exact) mass is 349 g/mol. The second-order valence-corrected chi connectivity index (χ2v) is 6.00. The fourth-order valence-corrected chi connectivity index (χ4v) is 2.76. The first-order chi connectivity index (χ1) is 12.1. The molecular weight excluding hydrogens is 333 g/mol. The number of benzene rings is 3. The first-order valence-electron chi connectivity index (χ1n) is 7.89. The predicted octanol–water partition coefficient (Wildman–Crippen LogP) is 6.21. The molecule has 0 saturated heterocycles. The van der Waals surface area contributed by atoms with E-state index in [0.29, 0.717) is 27.4 Å². The molecule has 3 heteroatoms. The fraction of sp³-hybridized carbons (Fsp3) is 0. The SMILES string of the molecule is Nc1ccc(Cl)cc1/C(=C\C=C\c1ccccc1)c1ccccc1F. The molecule has 0 atom stereocenters. The molecule has 3 aromatic rings. The van der Waals surface area contributed by atoms with Crippen LogP contribution < -0.4 is 5.73 Å². The van der Waals surface area contributed by atoms with Gasteiger partial charge in [0.05, 0.1) is 0 Å². The highest BCUT2D eigenvalue weighted by Gasteiger charge is 2.12. The molecule has 0 amide bonds. The average Bonchev–Trinajstić information content (AvgIpc) is 2.63. The van der Waals surface area contributed by atoms with Gasteiger partial charge in [0.2, 0.25) is 0 Å². The Labute approximate surface area is 151 Å². The first kappa shape index (κ1) is 17.0. The normalized spacial score (nSPS) is 11.8. The van der Waals surface area contributed by atoms with Crippen LogP contribution in [0.3, 0.4) is 0 Å². The summed E-state index contributed by atoms with van der Waals surface area (Å²) in [6.45, 7) is 0. The number of anilines is 1. The minimum Gasteiger partial charge on any atom is -0.398 e. The Kier molecular flexibility index (Phi) is 5.32. The number of rotatable bonds is 4. The summed E-state index contributed by atoms with van der Waals surface area (Å²) < 4.78 is 14.4. The Morgan fingerprint density at radius 3 is 2.36 bits per heavy atom. The summed E-state index contributed by atoms with van der Waals surface area (Å²) in [6, 6.07) is 21.7. The molecule has 0 aromatic heterocycles. The second kappa shape index (κ2) is 7.82. The molecule has 2 N–H and O–H groups in total. The minimum atomic E-state index is -0.304. The zero-order chi connectivity index (χ0) is 17.6. The van der Waals surface area contributed by atoms with E-state index in [9.17, 15) is 4.39 Å². The van der Waals surface area contributed by atoms with Gasteiger partial charge in [-0.3, -0.25) is 0 Å². The van der Waals surface area contributed by atoms with Crippen molar-refractivity contribution >= 4 is 28.9 Å². The van der Waals surface area contributed by atoms with E-state index in [1.807, 2.05) is 48.6 Å². The number of nitrogen functional groups attached to an aromatic ring is 1. The number of allylic oxidation sites excluding steroid dienone is 2. The molecule has 0 radical (unpaired) electrons. The molecule has 1 nitrogen and oxygen atoms in total. The summed E-state index contributed by atoms with van der Waals surface area (Å²) in [5.74, 6) is -0.304. The number of hydrogen-bond donors (Lipinski definition) is 1. The third-order valence-electron chi connectivity index (χ3n) is 3.82. The highest BCUT2D eigenvalue weighted by molar-refractivity contribution is 6.30. The van der Waals surface area contributed by atoms with Gasteiger partial charge in [-0.2, -0.15) is 0 Å². The van der Waals surface area contributed by atoms with Gasteiger partial charge in [-0.25, -0.2) is 4.39 Å². The van der Waals surface area contributed by atoms with Crippen LogP contribution >= 0.6 is 11.6 Å². The van der Waals surface area contributed by atoms with E-state index in [1.54, 1.807) is 36.4 Å². The summed E-state index contributed by atoms with van der Waals surface area (Å²) in [7, 11) is 0. The predicted molar refractivity (Wildman–Crippen MR) is 105 cm³/mol. The summed E-state index contributed by atoms with van der Waals surface area (Å²) in [6.07, 6.45) is 5.70. The third kappa shape index (κ3) is 4.17. The van der Waals surface area contributed by atoms with E-state index in [0.717, 1.165) is 5.56 Å². The highest BCUT2D eigenvalue weighted by Crippen LogP contribution is 2.31. The van der Waals surface area contributed by atoms with E-state index in [1.165, 1.54) is 6.07 Å². The first-order valence-corrected chi connectivity index (χ1v) is 8.26. The lowest BCUT2D eigenvalue weighted by Gasteiger charge is -2.12. The standard InChI is InChI=1S/C22H17ClFN/c23-17-13-14-22(25)20(15-17)18(19-10-4-5-12-21(19)24)11-6-9-16-7-2-1-3-8-16/h1-15H,25H2/b9-6+,18-11-. The summed E-state index contributed by atoms with van der Waals surface area (Å²) >= 11 is 6.12. The maximum Gasteiger partial charge on any atom is 0.131 e. The Morgan fingerprint density at radius 1 is 0.880 bits per heavy atom. The van der Waals surface area contributed by atoms with Crippen molar-refractivity contribution in [2.24, 2.45) is 0 Å². The zero-order valence-electron chi connectivity index (χ0n) is 13.5. The van der Waals surface area contributed by atoms with Crippen LogP contribution in [0.5, 0.6) is 0 Å². The topological polar surface area (TPSA) is 26.0 Å². The molecule has 0 spiro atoms. The molecule has 0 aliphatic carbocycles. The van der Waals surface area contributed by atoms with Crippen LogP contribution in [0.25, 0.3) is 11.6 Å². The Morgan fingerprint density at radius 2 is 1.60 bits per heavy atom. The molecule has 0 fully saturated rings. The van der Waals surface area contributed by atoms with Crippen LogP contribution in [-0.2, 0) is 0 Å². The van der Waals surface area contributed by atoms with Crippen molar-refractivity contribution in [3.8, 4) is 0 Å². The number of hydrogen-bond acceptors (Lipinski definition) is 1. The molecule has 25 heavy (non-hydrogen) atoms. The van der Waals surface area contributed by atoms with Crippen molar-refractivity contribution in [3.63, 3.8) is 0 Å². The van der Waals surface area contributed by atoms with Gasteiger partial charge in [-0.1, -0.05) is 78.4 Å². The zero-order valence-corrected chi connectivity index (χ0v) is 14.2. The average molecular weight is 350 g/mol. The van der Waals surface area contributed by atoms with Crippen LogP contribution in [0.2, 0.25) is 5.02 Å². The molecule has 0 heterocycles. The van der Waals surface area contributed by atoms with Gasteiger partial charge in [0.15, 0.2) is 0 Å². The largest absolute Gasteiger partial charge is 0.398 e. The van der Waals surface area contributed by atoms with E-state index < -0.39 is 0 Å². The van der Waals surface area contributed by atoms with Gasteiger partial charge >= 0.3 is 0 Å². The van der Waals surface area contributed by atoms with E-state index in [-0.39, 0.29) is 5.82 Å². The van der Waals surface area contributed by atoms with Gasteiger partial charge in [-0.05, 0) is 35.4 Å². The maximum absolute atomic E-state index is 14.4. The molecule has 0 aliphatic heterocycles. The molecule has 0 aliphatic rings. The van der Waals surface area contributed by atoms with Crippen molar-refractivity contribution < 1.29 is 4.39 Å². The van der Waals surface area contributed by atoms with Crippen molar-refractivity contribution in [3.05, 3.63) is 112 Å². The van der Waals surface area contributed by atoms with Gasteiger partial charge in [-0.15, -0.1) is 0 Å². The van der Waals surface area contributed by atoms with Crippen LogP contribution in [0.15, 0.2) is 84.9 Å². The summed E-state index contributed by atoms with van der Waals surface area (Å²) in [4.78, 5) is 0.